The zero-order chi connectivity index (χ0) is 14.7. The molecule has 4 nitrogen and oxygen atoms in total. The van der Waals surface area contributed by atoms with E-state index in [1.165, 1.54) is 10.9 Å². The van der Waals surface area contributed by atoms with Crippen LogP contribution in [0.2, 0.25) is 0 Å². The molecule has 0 saturated carbocycles. The lowest BCUT2D eigenvalue weighted by Gasteiger charge is -2.03. The van der Waals surface area contributed by atoms with Crippen LogP contribution in [0.15, 0.2) is 67.1 Å². The van der Waals surface area contributed by atoms with Gasteiger partial charge in [-0.25, -0.2) is 9.78 Å². The molecule has 3 aromatic rings. The van der Waals surface area contributed by atoms with Crippen molar-refractivity contribution in [3.05, 3.63) is 67.1 Å². The normalized spacial score (nSPS) is 10.3. The average Bonchev–Trinajstić information content (AvgIpc) is 3.05. The van der Waals surface area contributed by atoms with Crippen LogP contribution in [0.1, 0.15) is 0 Å². The summed E-state index contributed by atoms with van der Waals surface area (Å²) in [6, 6.07) is 18.1. The van der Waals surface area contributed by atoms with Gasteiger partial charge in [0.2, 0.25) is 0 Å². The molecule has 0 bridgehead atoms. The summed E-state index contributed by atoms with van der Waals surface area (Å²) in [4.78, 5) is 15.9. The zero-order valence-electron chi connectivity index (χ0n) is 11.7. The standard InChI is InChI=1S/C17H15N3O/c1-18-17(21)20-11-16(19-12-20)15-9-5-8-14(10-15)13-6-3-2-4-7-13/h2-12H,1H3,(H,18,21). The number of benzene rings is 2. The SMILES string of the molecule is CNC(=O)n1cnc(-c2cccc(-c3ccccc3)c2)c1. The Morgan fingerprint density at radius 1 is 1.00 bits per heavy atom. The molecule has 1 aromatic heterocycles. The number of nitrogens with zero attached hydrogens (tertiary/aromatic N) is 2. The summed E-state index contributed by atoms with van der Waals surface area (Å²) in [5, 5.41) is 2.57. The lowest BCUT2D eigenvalue weighted by atomic mass is 10.0. The van der Waals surface area contributed by atoms with E-state index < -0.39 is 0 Å². The fourth-order valence-electron chi connectivity index (χ4n) is 2.20. The molecule has 1 amide bonds. The topological polar surface area (TPSA) is 46.9 Å². The van der Waals surface area contributed by atoms with Crippen molar-refractivity contribution in [2.24, 2.45) is 0 Å². The Balaban J connectivity index is 1.97. The van der Waals surface area contributed by atoms with Crippen molar-refractivity contribution in [1.29, 1.82) is 0 Å². The monoisotopic (exact) mass is 277 g/mol. The number of hydrogen-bond donors (Lipinski definition) is 1. The molecule has 0 aliphatic heterocycles. The summed E-state index contributed by atoms with van der Waals surface area (Å²) < 4.78 is 1.44. The number of rotatable bonds is 2. The van der Waals surface area contributed by atoms with Crippen LogP contribution in [-0.2, 0) is 0 Å². The molecule has 2 aromatic carbocycles. The van der Waals surface area contributed by atoms with Crippen molar-refractivity contribution in [2.45, 2.75) is 0 Å². The number of carbonyl (C=O) groups is 1. The van der Waals surface area contributed by atoms with Gasteiger partial charge in [0.25, 0.3) is 0 Å². The molecule has 0 atom stereocenters. The van der Waals surface area contributed by atoms with Crippen molar-refractivity contribution in [3.8, 4) is 22.4 Å². The van der Waals surface area contributed by atoms with Gasteiger partial charge in [-0.2, -0.15) is 0 Å². The quantitative estimate of drug-likeness (QED) is 0.780. The predicted octanol–water partition coefficient (Wildman–Crippen LogP) is 3.40. The van der Waals surface area contributed by atoms with Crippen LogP contribution in [0.3, 0.4) is 0 Å². The van der Waals surface area contributed by atoms with Gasteiger partial charge >= 0.3 is 6.03 Å². The van der Waals surface area contributed by atoms with Crippen molar-refractivity contribution >= 4 is 6.03 Å². The molecule has 0 fully saturated rings. The van der Waals surface area contributed by atoms with E-state index in [1.54, 1.807) is 13.2 Å². The minimum absolute atomic E-state index is 0.201. The minimum Gasteiger partial charge on any atom is -0.340 e. The summed E-state index contributed by atoms with van der Waals surface area (Å²) in [7, 11) is 1.60. The van der Waals surface area contributed by atoms with Gasteiger partial charge in [-0.05, 0) is 17.2 Å². The number of carbonyl (C=O) groups excluding carboxylic acids is 1. The van der Waals surface area contributed by atoms with Gasteiger partial charge in [0.1, 0.15) is 6.33 Å². The average molecular weight is 277 g/mol. The molecule has 0 spiro atoms. The van der Waals surface area contributed by atoms with Crippen LogP contribution >= 0.6 is 0 Å². The summed E-state index contributed by atoms with van der Waals surface area (Å²) in [6.45, 7) is 0. The second-order valence-corrected chi connectivity index (χ2v) is 4.67. The predicted molar refractivity (Wildman–Crippen MR) is 83.0 cm³/mol. The lowest BCUT2D eigenvalue weighted by molar-refractivity contribution is 0.244. The van der Waals surface area contributed by atoms with Crippen molar-refractivity contribution < 1.29 is 4.79 Å². The Morgan fingerprint density at radius 3 is 2.48 bits per heavy atom. The molecule has 0 radical (unpaired) electrons. The van der Waals surface area contributed by atoms with Crippen LogP contribution in [0, 0.1) is 0 Å². The highest BCUT2D eigenvalue weighted by atomic mass is 16.2. The van der Waals surface area contributed by atoms with Crippen molar-refractivity contribution in [1.82, 2.24) is 14.9 Å². The molecule has 104 valence electrons. The fourth-order valence-corrected chi connectivity index (χ4v) is 2.20. The Bertz CT molecular complexity index is 762. The van der Waals surface area contributed by atoms with E-state index >= 15 is 0 Å². The zero-order valence-corrected chi connectivity index (χ0v) is 11.7. The maximum absolute atomic E-state index is 11.6. The van der Waals surface area contributed by atoms with E-state index in [2.05, 4.69) is 34.6 Å². The maximum Gasteiger partial charge on any atom is 0.326 e. The van der Waals surface area contributed by atoms with Crippen LogP contribution in [-0.4, -0.2) is 22.6 Å². The molecule has 0 aliphatic rings. The van der Waals surface area contributed by atoms with E-state index in [-0.39, 0.29) is 6.03 Å². The third-order valence-electron chi connectivity index (χ3n) is 3.30. The Labute approximate surface area is 123 Å². The Morgan fingerprint density at radius 2 is 1.71 bits per heavy atom. The molecule has 4 heteroatoms. The minimum atomic E-state index is -0.201. The first-order chi connectivity index (χ1) is 10.3. The molecule has 0 aliphatic carbocycles. The van der Waals surface area contributed by atoms with E-state index in [4.69, 9.17) is 0 Å². The Hall–Kier alpha value is -2.88. The van der Waals surface area contributed by atoms with Crippen molar-refractivity contribution in [2.75, 3.05) is 7.05 Å². The van der Waals surface area contributed by atoms with Crippen LogP contribution in [0.4, 0.5) is 4.79 Å². The van der Waals surface area contributed by atoms with Crippen LogP contribution in [0.25, 0.3) is 22.4 Å². The number of imidazole rings is 1. The van der Waals surface area contributed by atoms with Gasteiger partial charge in [0.05, 0.1) is 5.69 Å². The number of hydrogen-bond acceptors (Lipinski definition) is 2. The number of aromatic nitrogens is 2. The van der Waals surface area contributed by atoms with E-state index in [0.717, 1.165) is 22.4 Å². The molecule has 0 unspecified atom stereocenters. The van der Waals surface area contributed by atoms with Gasteiger partial charge in [0, 0.05) is 18.8 Å². The van der Waals surface area contributed by atoms with Gasteiger partial charge in [0.15, 0.2) is 0 Å². The highest BCUT2D eigenvalue weighted by Crippen LogP contribution is 2.25. The van der Waals surface area contributed by atoms with E-state index in [9.17, 15) is 4.79 Å². The molecule has 1 N–H and O–H groups in total. The molecular formula is C17H15N3O. The molecule has 1 heterocycles. The van der Waals surface area contributed by atoms with Gasteiger partial charge < -0.3 is 5.32 Å². The number of amides is 1. The second kappa shape index (κ2) is 5.63. The summed E-state index contributed by atoms with van der Waals surface area (Å²) in [5.41, 5.74) is 4.04. The lowest BCUT2D eigenvalue weighted by Crippen LogP contribution is -2.22. The summed E-state index contributed by atoms with van der Waals surface area (Å²) >= 11 is 0. The fraction of sp³-hybridized carbons (Fsp3) is 0.0588. The van der Waals surface area contributed by atoms with Gasteiger partial charge in [-0.3, -0.25) is 4.57 Å². The first-order valence-electron chi connectivity index (χ1n) is 6.70. The van der Waals surface area contributed by atoms with E-state index in [0.29, 0.717) is 0 Å². The highest BCUT2D eigenvalue weighted by molar-refractivity contribution is 5.78. The maximum atomic E-state index is 11.6. The molecule has 21 heavy (non-hydrogen) atoms. The third-order valence-corrected chi connectivity index (χ3v) is 3.30. The first-order valence-corrected chi connectivity index (χ1v) is 6.70. The van der Waals surface area contributed by atoms with Crippen LogP contribution in [0.5, 0.6) is 0 Å². The van der Waals surface area contributed by atoms with Gasteiger partial charge in [-0.15, -0.1) is 0 Å². The summed E-state index contributed by atoms with van der Waals surface area (Å²) in [5.74, 6) is 0. The molecule has 0 saturated heterocycles. The van der Waals surface area contributed by atoms with Gasteiger partial charge in [-0.1, -0.05) is 48.5 Å². The molecular weight excluding hydrogens is 262 g/mol. The van der Waals surface area contributed by atoms with E-state index in [1.807, 2.05) is 30.3 Å². The smallest absolute Gasteiger partial charge is 0.326 e. The number of nitrogens with one attached hydrogen (secondary N) is 1. The Kier molecular flexibility index (Phi) is 3.51. The largest absolute Gasteiger partial charge is 0.340 e. The third kappa shape index (κ3) is 2.69. The molecule has 3 rings (SSSR count). The summed E-state index contributed by atoms with van der Waals surface area (Å²) in [6.07, 6.45) is 3.24. The van der Waals surface area contributed by atoms with Crippen LogP contribution < -0.4 is 5.32 Å². The second-order valence-electron chi connectivity index (χ2n) is 4.67. The first kappa shape index (κ1) is 13.1. The highest BCUT2D eigenvalue weighted by Gasteiger charge is 2.07. The van der Waals surface area contributed by atoms with Crippen molar-refractivity contribution in [3.63, 3.8) is 0 Å².